The van der Waals surface area contributed by atoms with Crippen molar-refractivity contribution in [2.75, 3.05) is 45.2 Å². The average Bonchev–Trinajstić information content (AvgIpc) is 2.46. The van der Waals surface area contributed by atoms with Crippen LogP contribution < -0.4 is 10.0 Å². The lowest BCUT2D eigenvalue weighted by atomic mass is 10.3. The second-order valence-electron chi connectivity index (χ2n) is 5.13. The van der Waals surface area contributed by atoms with Gasteiger partial charge in [0.05, 0.1) is 18.4 Å². The zero-order valence-corrected chi connectivity index (χ0v) is 13.3. The van der Waals surface area contributed by atoms with Crippen molar-refractivity contribution in [3.05, 3.63) is 24.3 Å². The summed E-state index contributed by atoms with van der Waals surface area (Å²) in [5.74, 6) is 0. The van der Waals surface area contributed by atoms with Crippen LogP contribution in [0, 0.1) is 0 Å². The van der Waals surface area contributed by atoms with Crippen LogP contribution in [-0.4, -0.2) is 59.3 Å². The summed E-state index contributed by atoms with van der Waals surface area (Å²) in [4.78, 5) is 2.41. The zero-order chi connectivity index (χ0) is 15.3. The summed E-state index contributed by atoms with van der Waals surface area (Å²) in [5.41, 5.74) is 0.620. The van der Waals surface area contributed by atoms with Crippen LogP contribution in [0.4, 0.5) is 5.69 Å². The fourth-order valence-electron chi connectivity index (χ4n) is 2.31. The molecule has 1 heterocycles. The van der Waals surface area contributed by atoms with Crippen molar-refractivity contribution in [2.24, 2.45) is 0 Å². The maximum Gasteiger partial charge on any atom is 0.242 e. The number of ether oxygens (including phenoxy) is 1. The van der Waals surface area contributed by atoms with Gasteiger partial charge in [-0.15, -0.1) is 0 Å². The number of nitrogens with one attached hydrogen (secondary N) is 2. The Bertz CT molecular complexity index is 562. The number of hydrogen-bond acceptors (Lipinski definition) is 5. The molecular formula is C14H23N3O3S. The molecule has 0 amide bonds. The molecule has 2 N–H and O–H groups in total. The lowest BCUT2D eigenvalue weighted by Crippen LogP contribution is -2.45. The summed E-state index contributed by atoms with van der Waals surface area (Å²) in [6.45, 7) is 5.14. The van der Waals surface area contributed by atoms with Crippen molar-refractivity contribution >= 4 is 15.7 Å². The maximum atomic E-state index is 12.4. The number of anilines is 1. The fraction of sp³-hybridized carbons (Fsp3) is 0.571. The number of morpholine rings is 1. The smallest absolute Gasteiger partial charge is 0.242 e. The molecule has 0 bridgehead atoms. The second kappa shape index (κ2) is 7.22. The van der Waals surface area contributed by atoms with E-state index in [1.54, 1.807) is 18.2 Å². The van der Waals surface area contributed by atoms with Crippen LogP contribution in [-0.2, 0) is 14.8 Å². The molecule has 0 aromatic heterocycles. The SMILES string of the molecule is CCNc1ccccc1S(=O)(=O)NCC1CN(C)CCO1. The Labute approximate surface area is 126 Å². The van der Waals surface area contributed by atoms with Crippen molar-refractivity contribution < 1.29 is 13.2 Å². The van der Waals surface area contributed by atoms with Crippen LogP contribution in [0.1, 0.15) is 6.92 Å². The topological polar surface area (TPSA) is 70.7 Å². The lowest BCUT2D eigenvalue weighted by molar-refractivity contribution is -0.0156. The van der Waals surface area contributed by atoms with Crippen LogP contribution in [0.5, 0.6) is 0 Å². The summed E-state index contributed by atoms with van der Waals surface area (Å²) in [5, 5.41) is 3.07. The molecule has 1 saturated heterocycles. The molecular weight excluding hydrogens is 290 g/mol. The summed E-state index contributed by atoms with van der Waals surface area (Å²) in [6, 6.07) is 6.91. The Morgan fingerprint density at radius 2 is 2.14 bits per heavy atom. The molecule has 1 aromatic carbocycles. The van der Waals surface area contributed by atoms with Gasteiger partial charge in [0.25, 0.3) is 0 Å². The first kappa shape index (κ1) is 16.2. The molecule has 1 atom stereocenters. The largest absolute Gasteiger partial charge is 0.384 e. The molecule has 1 aromatic rings. The number of nitrogens with zero attached hydrogens (tertiary/aromatic N) is 1. The van der Waals surface area contributed by atoms with Gasteiger partial charge in [-0.05, 0) is 26.1 Å². The number of rotatable bonds is 6. The van der Waals surface area contributed by atoms with Crippen molar-refractivity contribution in [1.82, 2.24) is 9.62 Å². The molecule has 0 radical (unpaired) electrons. The van der Waals surface area contributed by atoms with Crippen molar-refractivity contribution in [3.8, 4) is 0 Å². The van der Waals surface area contributed by atoms with Crippen molar-refractivity contribution in [2.45, 2.75) is 17.9 Å². The minimum absolute atomic E-state index is 0.107. The van der Waals surface area contributed by atoms with Crippen LogP contribution in [0.15, 0.2) is 29.2 Å². The highest BCUT2D eigenvalue weighted by molar-refractivity contribution is 7.89. The fourth-order valence-corrected chi connectivity index (χ4v) is 3.56. The second-order valence-corrected chi connectivity index (χ2v) is 6.87. The zero-order valence-electron chi connectivity index (χ0n) is 12.5. The van der Waals surface area contributed by atoms with Gasteiger partial charge in [-0.1, -0.05) is 12.1 Å². The number of para-hydroxylation sites is 1. The number of hydrogen-bond donors (Lipinski definition) is 2. The molecule has 1 aliphatic rings. The van der Waals surface area contributed by atoms with Crippen LogP contribution >= 0.6 is 0 Å². The van der Waals surface area contributed by atoms with E-state index in [9.17, 15) is 8.42 Å². The highest BCUT2D eigenvalue weighted by atomic mass is 32.2. The van der Waals surface area contributed by atoms with E-state index in [-0.39, 0.29) is 17.5 Å². The van der Waals surface area contributed by atoms with Crippen LogP contribution in [0.2, 0.25) is 0 Å². The first-order valence-corrected chi connectivity index (χ1v) is 8.64. The van der Waals surface area contributed by atoms with Gasteiger partial charge in [-0.3, -0.25) is 0 Å². The first-order chi connectivity index (χ1) is 10.0. The number of benzene rings is 1. The number of likely N-dealkylation sites (N-methyl/N-ethyl adjacent to an activating group) is 1. The molecule has 1 aliphatic heterocycles. The van der Waals surface area contributed by atoms with Crippen LogP contribution in [0.3, 0.4) is 0 Å². The van der Waals surface area contributed by atoms with Gasteiger partial charge in [0.1, 0.15) is 4.90 Å². The minimum Gasteiger partial charge on any atom is -0.384 e. The van der Waals surface area contributed by atoms with Gasteiger partial charge in [0.2, 0.25) is 10.0 Å². The van der Waals surface area contributed by atoms with E-state index in [1.165, 1.54) is 0 Å². The lowest BCUT2D eigenvalue weighted by Gasteiger charge is -2.30. The van der Waals surface area contributed by atoms with Gasteiger partial charge in [0.15, 0.2) is 0 Å². The van der Waals surface area contributed by atoms with Gasteiger partial charge in [-0.2, -0.15) is 0 Å². The predicted octanol–water partition coefficient (Wildman–Crippen LogP) is 0.727. The number of sulfonamides is 1. The third-order valence-electron chi connectivity index (χ3n) is 3.39. The van der Waals surface area contributed by atoms with E-state index in [1.807, 2.05) is 20.0 Å². The summed E-state index contributed by atoms with van der Waals surface area (Å²) >= 11 is 0. The average molecular weight is 313 g/mol. The van der Waals surface area contributed by atoms with E-state index < -0.39 is 10.0 Å². The van der Waals surface area contributed by atoms with Crippen LogP contribution in [0.25, 0.3) is 0 Å². The third kappa shape index (κ3) is 4.41. The Hall–Kier alpha value is -1.15. The minimum atomic E-state index is -3.54. The molecule has 2 rings (SSSR count). The molecule has 21 heavy (non-hydrogen) atoms. The Balaban J connectivity index is 2.04. The molecule has 118 valence electrons. The Kier molecular flexibility index (Phi) is 5.58. The van der Waals surface area contributed by atoms with Gasteiger partial charge < -0.3 is 15.0 Å². The van der Waals surface area contributed by atoms with Crippen molar-refractivity contribution in [1.29, 1.82) is 0 Å². The summed E-state index contributed by atoms with van der Waals surface area (Å²) in [7, 11) is -1.54. The molecule has 0 aliphatic carbocycles. The maximum absolute atomic E-state index is 12.4. The normalized spacial score (nSPS) is 20.4. The van der Waals surface area contributed by atoms with E-state index in [4.69, 9.17) is 4.74 Å². The molecule has 0 saturated carbocycles. The molecule has 7 heteroatoms. The van der Waals surface area contributed by atoms with E-state index in [2.05, 4.69) is 14.9 Å². The van der Waals surface area contributed by atoms with E-state index in [0.717, 1.165) is 13.1 Å². The van der Waals surface area contributed by atoms with Gasteiger partial charge in [-0.25, -0.2) is 13.1 Å². The highest BCUT2D eigenvalue weighted by Crippen LogP contribution is 2.20. The predicted molar refractivity (Wildman–Crippen MR) is 83.0 cm³/mol. The quantitative estimate of drug-likeness (QED) is 0.810. The first-order valence-electron chi connectivity index (χ1n) is 7.15. The standard InChI is InChI=1S/C14H23N3O3S/c1-3-15-13-6-4-5-7-14(13)21(18,19)16-10-12-11-17(2)8-9-20-12/h4-7,12,15-16H,3,8-11H2,1-2H3. The summed E-state index contributed by atoms with van der Waals surface area (Å²) in [6.07, 6.45) is -0.107. The van der Waals surface area contributed by atoms with Gasteiger partial charge in [0, 0.05) is 26.2 Å². The van der Waals surface area contributed by atoms with E-state index in [0.29, 0.717) is 18.8 Å². The van der Waals surface area contributed by atoms with Crippen molar-refractivity contribution in [3.63, 3.8) is 0 Å². The molecule has 0 spiro atoms. The monoisotopic (exact) mass is 313 g/mol. The summed E-state index contributed by atoms with van der Waals surface area (Å²) < 4.78 is 33.1. The molecule has 6 nitrogen and oxygen atoms in total. The Morgan fingerprint density at radius 3 is 2.86 bits per heavy atom. The highest BCUT2D eigenvalue weighted by Gasteiger charge is 2.22. The third-order valence-corrected chi connectivity index (χ3v) is 4.87. The van der Waals surface area contributed by atoms with E-state index >= 15 is 0 Å². The molecule has 1 unspecified atom stereocenters. The Morgan fingerprint density at radius 1 is 1.38 bits per heavy atom. The molecule has 1 fully saturated rings. The van der Waals surface area contributed by atoms with Gasteiger partial charge >= 0.3 is 0 Å².